The van der Waals surface area contributed by atoms with Crippen LogP contribution in [0.5, 0.6) is 11.5 Å². The number of fused-ring (bicyclic) bond motifs is 1. The van der Waals surface area contributed by atoms with Crippen LogP contribution in [0.2, 0.25) is 0 Å². The van der Waals surface area contributed by atoms with Crippen LogP contribution in [-0.2, 0) is 11.2 Å². The summed E-state index contributed by atoms with van der Waals surface area (Å²) < 4.78 is 10.7. The number of carboxylic acid groups (broad SMARTS) is 1. The Morgan fingerprint density at radius 3 is 2.68 bits per heavy atom. The summed E-state index contributed by atoms with van der Waals surface area (Å²) in [7, 11) is 3.28. The lowest BCUT2D eigenvalue weighted by Crippen LogP contribution is -2.20. The van der Waals surface area contributed by atoms with Crippen molar-refractivity contribution in [3.05, 3.63) is 23.3 Å². The van der Waals surface area contributed by atoms with E-state index in [2.05, 4.69) is 6.92 Å². The molecule has 0 radical (unpaired) electrons. The van der Waals surface area contributed by atoms with Crippen molar-refractivity contribution < 1.29 is 19.4 Å². The summed E-state index contributed by atoms with van der Waals surface area (Å²) in [6, 6.07) is 3.90. The molecule has 0 bridgehead atoms. The third kappa shape index (κ3) is 2.83. The van der Waals surface area contributed by atoms with Crippen molar-refractivity contribution >= 4 is 5.97 Å². The molecule has 0 fully saturated rings. The summed E-state index contributed by atoms with van der Waals surface area (Å²) in [6.45, 7) is 2.13. The Hall–Kier alpha value is -1.71. The molecule has 0 unspecified atom stereocenters. The molecule has 2 atom stereocenters. The van der Waals surface area contributed by atoms with Gasteiger partial charge < -0.3 is 14.6 Å². The van der Waals surface area contributed by atoms with Gasteiger partial charge in [-0.1, -0.05) is 6.92 Å². The third-order valence-corrected chi connectivity index (χ3v) is 3.81. The van der Waals surface area contributed by atoms with Crippen LogP contribution in [0.15, 0.2) is 12.1 Å². The fourth-order valence-electron chi connectivity index (χ4n) is 3.09. The van der Waals surface area contributed by atoms with Crippen LogP contribution in [0.25, 0.3) is 0 Å². The van der Waals surface area contributed by atoms with Gasteiger partial charge in [0.15, 0.2) is 0 Å². The number of ether oxygens (including phenoxy) is 2. The predicted molar refractivity (Wildman–Crippen MR) is 72.0 cm³/mol. The Balaban J connectivity index is 2.37. The van der Waals surface area contributed by atoms with Crippen LogP contribution in [0.1, 0.15) is 36.8 Å². The highest BCUT2D eigenvalue weighted by molar-refractivity contribution is 5.67. The molecule has 0 aliphatic heterocycles. The Bertz CT molecular complexity index is 481. The molecular weight excluding hydrogens is 244 g/mol. The molecule has 1 aromatic rings. The third-order valence-electron chi connectivity index (χ3n) is 3.81. The van der Waals surface area contributed by atoms with E-state index >= 15 is 0 Å². The van der Waals surface area contributed by atoms with E-state index < -0.39 is 5.97 Å². The zero-order valence-corrected chi connectivity index (χ0v) is 11.6. The molecule has 4 heteroatoms. The lowest BCUT2D eigenvalue weighted by atomic mass is 9.76. The second-order valence-corrected chi connectivity index (χ2v) is 5.21. The van der Waals surface area contributed by atoms with Crippen LogP contribution in [0.3, 0.4) is 0 Å². The van der Waals surface area contributed by atoms with Crippen molar-refractivity contribution in [2.75, 3.05) is 14.2 Å². The molecule has 0 saturated carbocycles. The Morgan fingerprint density at radius 2 is 2.11 bits per heavy atom. The average molecular weight is 264 g/mol. The van der Waals surface area contributed by atoms with Gasteiger partial charge in [-0.2, -0.15) is 0 Å². The van der Waals surface area contributed by atoms with Crippen LogP contribution < -0.4 is 9.47 Å². The maximum absolute atomic E-state index is 10.9. The molecule has 2 rings (SSSR count). The molecule has 1 N–H and O–H groups in total. The molecule has 0 aromatic heterocycles. The van der Waals surface area contributed by atoms with Crippen molar-refractivity contribution in [1.82, 2.24) is 0 Å². The highest BCUT2D eigenvalue weighted by atomic mass is 16.5. The van der Waals surface area contributed by atoms with Crippen molar-refractivity contribution in [2.24, 2.45) is 5.92 Å². The van der Waals surface area contributed by atoms with Gasteiger partial charge >= 0.3 is 5.97 Å². The van der Waals surface area contributed by atoms with Crippen LogP contribution in [0.4, 0.5) is 0 Å². The van der Waals surface area contributed by atoms with Crippen LogP contribution in [-0.4, -0.2) is 25.3 Å². The van der Waals surface area contributed by atoms with Crippen LogP contribution >= 0.6 is 0 Å². The standard InChI is InChI=1S/C15H20O4/c1-9-4-10(6-14(16)17)5-11-7-12(18-2)8-13(19-3)15(9)11/h7-10H,4-6H2,1-3H3,(H,16,17)/t9-,10+/m1/s1. The predicted octanol–water partition coefficient (Wildman–Crippen LogP) is 2.84. The number of hydrogen-bond acceptors (Lipinski definition) is 3. The summed E-state index contributed by atoms with van der Waals surface area (Å²) in [5, 5.41) is 8.95. The van der Waals surface area contributed by atoms with Gasteiger partial charge in [-0.3, -0.25) is 4.79 Å². The van der Waals surface area contributed by atoms with Crippen molar-refractivity contribution in [2.45, 2.75) is 32.1 Å². The zero-order valence-electron chi connectivity index (χ0n) is 11.6. The molecule has 4 nitrogen and oxygen atoms in total. The Morgan fingerprint density at radius 1 is 1.37 bits per heavy atom. The van der Waals surface area contributed by atoms with Crippen molar-refractivity contribution in [3.8, 4) is 11.5 Å². The number of methoxy groups -OCH3 is 2. The smallest absolute Gasteiger partial charge is 0.303 e. The number of benzene rings is 1. The molecular formula is C15H20O4. The Labute approximate surface area is 113 Å². The van der Waals surface area contributed by atoms with Gasteiger partial charge in [0, 0.05) is 18.1 Å². The maximum atomic E-state index is 10.9. The van der Waals surface area contributed by atoms with E-state index in [0.29, 0.717) is 5.92 Å². The zero-order chi connectivity index (χ0) is 14.0. The van der Waals surface area contributed by atoms with E-state index in [-0.39, 0.29) is 12.3 Å². The van der Waals surface area contributed by atoms with E-state index in [9.17, 15) is 4.79 Å². The molecule has 1 aliphatic rings. The fraction of sp³-hybridized carbons (Fsp3) is 0.533. The van der Waals surface area contributed by atoms with Crippen molar-refractivity contribution in [1.29, 1.82) is 0 Å². The first kappa shape index (κ1) is 13.7. The van der Waals surface area contributed by atoms with Gasteiger partial charge in [-0.05, 0) is 36.3 Å². The number of carboxylic acids is 1. The number of hydrogen-bond donors (Lipinski definition) is 1. The van der Waals surface area contributed by atoms with E-state index in [1.807, 2.05) is 12.1 Å². The summed E-state index contributed by atoms with van der Waals surface area (Å²) in [5.74, 6) is 1.38. The minimum absolute atomic E-state index is 0.191. The highest BCUT2D eigenvalue weighted by Gasteiger charge is 2.29. The fourth-order valence-corrected chi connectivity index (χ4v) is 3.09. The number of aliphatic carboxylic acids is 1. The summed E-state index contributed by atoms with van der Waals surface area (Å²) in [5.41, 5.74) is 2.35. The average Bonchev–Trinajstić information content (AvgIpc) is 2.36. The largest absolute Gasteiger partial charge is 0.497 e. The maximum Gasteiger partial charge on any atom is 0.303 e. The van der Waals surface area contributed by atoms with Crippen LogP contribution in [0, 0.1) is 5.92 Å². The molecule has 0 saturated heterocycles. The first-order valence-electron chi connectivity index (χ1n) is 6.51. The SMILES string of the molecule is COc1cc2c(c(OC)c1)[C@H](C)C[C@H](CC(=O)O)C2. The molecule has 0 heterocycles. The van der Waals surface area contributed by atoms with Gasteiger partial charge in [-0.25, -0.2) is 0 Å². The topological polar surface area (TPSA) is 55.8 Å². The quantitative estimate of drug-likeness (QED) is 0.908. The highest BCUT2D eigenvalue weighted by Crippen LogP contribution is 2.43. The number of rotatable bonds is 4. The van der Waals surface area contributed by atoms with Gasteiger partial charge in [0.1, 0.15) is 11.5 Å². The van der Waals surface area contributed by atoms with E-state index in [1.54, 1.807) is 14.2 Å². The minimum atomic E-state index is -0.726. The minimum Gasteiger partial charge on any atom is -0.497 e. The van der Waals surface area contributed by atoms with Gasteiger partial charge in [-0.15, -0.1) is 0 Å². The summed E-state index contributed by atoms with van der Waals surface area (Å²) in [4.78, 5) is 10.9. The normalized spacial score (nSPS) is 21.6. The lowest BCUT2D eigenvalue weighted by Gasteiger charge is -2.30. The van der Waals surface area contributed by atoms with E-state index in [1.165, 1.54) is 5.56 Å². The first-order chi connectivity index (χ1) is 9.05. The first-order valence-corrected chi connectivity index (χ1v) is 6.51. The van der Waals surface area contributed by atoms with Gasteiger partial charge in [0.2, 0.25) is 0 Å². The monoisotopic (exact) mass is 264 g/mol. The molecule has 1 aromatic carbocycles. The molecule has 0 amide bonds. The molecule has 0 spiro atoms. The second-order valence-electron chi connectivity index (χ2n) is 5.21. The van der Waals surface area contributed by atoms with Crippen molar-refractivity contribution in [3.63, 3.8) is 0 Å². The Kier molecular flexibility index (Phi) is 3.98. The van der Waals surface area contributed by atoms with E-state index in [0.717, 1.165) is 29.9 Å². The van der Waals surface area contributed by atoms with Gasteiger partial charge in [0.25, 0.3) is 0 Å². The number of carbonyl (C=O) groups is 1. The lowest BCUT2D eigenvalue weighted by molar-refractivity contribution is -0.138. The summed E-state index contributed by atoms with van der Waals surface area (Å²) >= 11 is 0. The second kappa shape index (κ2) is 5.51. The van der Waals surface area contributed by atoms with E-state index in [4.69, 9.17) is 14.6 Å². The molecule has 19 heavy (non-hydrogen) atoms. The van der Waals surface area contributed by atoms with Gasteiger partial charge in [0.05, 0.1) is 14.2 Å². The summed E-state index contributed by atoms with van der Waals surface area (Å²) in [6.07, 6.45) is 1.89. The molecule has 1 aliphatic carbocycles. The molecule has 104 valence electrons.